The topological polar surface area (TPSA) is 79.5 Å². The lowest BCUT2D eigenvalue weighted by molar-refractivity contribution is -0.0709. The molecule has 1 aliphatic carbocycles. The maximum Gasteiger partial charge on any atom is 0.153 e. The number of aliphatic hydroxyl groups is 3. The van der Waals surface area contributed by atoms with E-state index in [2.05, 4.69) is 5.10 Å². The van der Waals surface area contributed by atoms with Gasteiger partial charge in [0.1, 0.15) is 12.4 Å². The summed E-state index contributed by atoms with van der Waals surface area (Å²) in [5, 5.41) is 34.7. The molecule has 0 aromatic rings. The molecule has 0 saturated carbocycles. The second kappa shape index (κ2) is 5.40. The average Bonchev–Trinajstić information content (AvgIpc) is 2.81. The number of fused-ring (bicyclic) bond motifs is 2. The standard InChI is InChI=1S/C14H20FN3O3/c1-17-13-9-3-2-8(15)6-11(9)18(5-4-12(19)20)14(21)10(13)7-16-17/h2-3,7-8,10,12-14,19-21H,4-6H2,1H3. The van der Waals surface area contributed by atoms with Crippen LogP contribution in [0.3, 0.4) is 0 Å². The highest BCUT2D eigenvalue weighted by Gasteiger charge is 2.45. The van der Waals surface area contributed by atoms with Crippen LogP contribution in [-0.2, 0) is 0 Å². The lowest BCUT2D eigenvalue weighted by atomic mass is 9.83. The number of halogens is 1. The zero-order chi connectivity index (χ0) is 15.1. The molecule has 0 bridgehead atoms. The van der Waals surface area contributed by atoms with Crippen LogP contribution >= 0.6 is 0 Å². The highest BCUT2D eigenvalue weighted by molar-refractivity contribution is 5.67. The Kier molecular flexibility index (Phi) is 3.73. The number of likely N-dealkylation sites (N-methyl/N-ethyl adjacent to an activating group) is 1. The molecule has 4 atom stereocenters. The van der Waals surface area contributed by atoms with Crippen molar-refractivity contribution in [3.05, 3.63) is 23.4 Å². The monoisotopic (exact) mass is 297 g/mol. The van der Waals surface area contributed by atoms with E-state index in [4.69, 9.17) is 10.2 Å². The van der Waals surface area contributed by atoms with Crippen LogP contribution in [0, 0.1) is 5.92 Å². The number of allylic oxidation sites excluding steroid dienone is 2. The summed E-state index contributed by atoms with van der Waals surface area (Å²) >= 11 is 0. The molecule has 0 amide bonds. The first-order chi connectivity index (χ1) is 9.99. The lowest BCUT2D eigenvalue weighted by Gasteiger charge is -2.45. The first-order valence-electron chi connectivity index (χ1n) is 7.12. The fourth-order valence-electron chi connectivity index (χ4n) is 3.35. The van der Waals surface area contributed by atoms with Gasteiger partial charge < -0.3 is 20.2 Å². The van der Waals surface area contributed by atoms with Gasteiger partial charge in [-0.15, -0.1) is 0 Å². The number of nitrogens with zero attached hydrogens (tertiary/aromatic N) is 3. The molecule has 4 unspecified atom stereocenters. The lowest BCUT2D eigenvalue weighted by Crippen LogP contribution is -2.53. The van der Waals surface area contributed by atoms with Gasteiger partial charge in [-0.2, -0.15) is 5.10 Å². The van der Waals surface area contributed by atoms with E-state index < -0.39 is 18.7 Å². The number of aliphatic hydroxyl groups excluding tert-OH is 2. The van der Waals surface area contributed by atoms with Gasteiger partial charge in [0.2, 0.25) is 0 Å². The minimum absolute atomic E-state index is 0.0888. The zero-order valence-electron chi connectivity index (χ0n) is 11.8. The molecule has 0 saturated heterocycles. The Morgan fingerprint density at radius 3 is 2.95 bits per heavy atom. The van der Waals surface area contributed by atoms with Gasteiger partial charge in [-0.25, -0.2) is 4.39 Å². The van der Waals surface area contributed by atoms with Crippen LogP contribution in [0.4, 0.5) is 4.39 Å². The van der Waals surface area contributed by atoms with Gasteiger partial charge >= 0.3 is 0 Å². The Hall–Kier alpha value is -1.44. The van der Waals surface area contributed by atoms with E-state index in [0.29, 0.717) is 0 Å². The molecule has 21 heavy (non-hydrogen) atoms. The Bertz CT molecular complexity index is 506. The van der Waals surface area contributed by atoms with Crippen molar-refractivity contribution in [3.8, 4) is 0 Å². The van der Waals surface area contributed by atoms with E-state index in [-0.39, 0.29) is 31.3 Å². The van der Waals surface area contributed by atoms with Gasteiger partial charge in [-0.05, 0) is 11.6 Å². The molecule has 0 spiro atoms. The SMILES string of the molecule is CN1N=CC2C1C1=C(CC(F)C=C1)N(CCC(O)O)C2O. The van der Waals surface area contributed by atoms with E-state index in [1.54, 1.807) is 22.2 Å². The normalized spacial score (nSPS) is 34.8. The summed E-state index contributed by atoms with van der Waals surface area (Å²) in [5.41, 5.74) is 1.68. The molecule has 3 aliphatic rings. The number of hydrogen-bond acceptors (Lipinski definition) is 6. The van der Waals surface area contributed by atoms with Crippen LogP contribution < -0.4 is 0 Å². The van der Waals surface area contributed by atoms with Crippen LogP contribution in [0.15, 0.2) is 28.5 Å². The molecule has 3 N–H and O–H groups in total. The third-order valence-electron chi connectivity index (χ3n) is 4.35. The number of alkyl halides is 1. The van der Waals surface area contributed by atoms with E-state index in [9.17, 15) is 9.50 Å². The summed E-state index contributed by atoms with van der Waals surface area (Å²) < 4.78 is 13.7. The number of hydrogen-bond donors (Lipinski definition) is 3. The minimum Gasteiger partial charge on any atom is -0.373 e. The van der Waals surface area contributed by atoms with Crippen LogP contribution in [-0.4, -0.2) is 69.8 Å². The molecule has 116 valence electrons. The quantitative estimate of drug-likeness (QED) is 0.628. The summed E-state index contributed by atoms with van der Waals surface area (Å²) in [6, 6.07) is -0.0888. The van der Waals surface area contributed by atoms with E-state index >= 15 is 0 Å². The predicted octanol–water partition coefficient (Wildman–Crippen LogP) is -0.211. The van der Waals surface area contributed by atoms with Crippen molar-refractivity contribution in [2.75, 3.05) is 13.6 Å². The van der Waals surface area contributed by atoms with Gasteiger partial charge in [0.05, 0.1) is 12.0 Å². The van der Waals surface area contributed by atoms with Crippen LogP contribution in [0.1, 0.15) is 12.8 Å². The second-order valence-electron chi connectivity index (χ2n) is 5.72. The van der Waals surface area contributed by atoms with Crippen LogP contribution in [0.5, 0.6) is 0 Å². The fourth-order valence-corrected chi connectivity index (χ4v) is 3.35. The highest BCUT2D eigenvalue weighted by Crippen LogP contribution is 2.40. The van der Waals surface area contributed by atoms with Crippen molar-refractivity contribution < 1.29 is 19.7 Å². The van der Waals surface area contributed by atoms with Gasteiger partial charge in [0.15, 0.2) is 6.29 Å². The molecule has 2 aliphatic heterocycles. The van der Waals surface area contributed by atoms with Crippen molar-refractivity contribution >= 4 is 6.21 Å². The van der Waals surface area contributed by atoms with Crippen molar-refractivity contribution in [2.24, 2.45) is 11.0 Å². The molecule has 6 nitrogen and oxygen atoms in total. The predicted molar refractivity (Wildman–Crippen MR) is 74.8 cm³/mol. The van der Waals surface area contributed by atoms with Crippen molar-refractivity contribution in [1.29, 1.82) is 0 Å². The van der Waals surface area contributed by atoms with Crippen molar-refractivity contribution in [1.82, 2.24) is 9.91 Å². The summed E-state index contributed by atoms with van der Waals surface area (Å²) in [4.78, 5) is 1.68. The summed E-state index contributed by atoms with van der Waals surface area (Å²) in [7, 11) is 1.83. The minimum atomic E-state index is -1.45. The summed E-state index contributed by atoms with van der Waals surface area (Å²) in [6.07, 6.45) is 1.93. The van der Waals surface area contributed by atoms with E-state index in [1.807, 2.05) is 7.05 Å². The van der Waals surface area contributed by atoms with Crippen molar-refractivity contribution in [2.45, 2.75) is 37.6 Å². The molecule has 0 fully saturated rings. The zero-order valence-corrected chi connectivity index (χ0v) is 11.8. The number of rotatable bonds is 3. The van der Waals surface area contributed by atoms with E-state index in [0.717, 1.165) is 11.3 Å². The van der Waals surface area contributed by atoms with Gasteiger partial charge in [-0.3, -0.25) is 5.01 Å². The third kappa shape index (κ3) is 2.45. The third-order valence-corrected chi connectivity index (χ3v) is 4.35. The maximum atomic E-state index is 13.7. The Morgan fingerprint density at radius 2 is 2.24 bits per heavy atom. The molecule has 7 heteroatoms. The molecule has 0 aromatic carbocycles. The fraction of sp³-hybridized carbons (Fsp3) is 0.643. The molecule has 2 heterocycles. The second-order valence-corrected chi connectivity index (χ2v) is 5.72. The van der Waals surface area contributed by atoms with E-state index in [1.165, 1.54) is 6.08 Å². The number of hydrazone groups is 1. The van der Waals surface area contributed by atoms with Gasteiger partial charge in [-0.1, -0.05) is 6.08 Å². The Morgan fingerprint density at radius 1 is 1.48 bits per heavy atom. The molecular formula is C14H20FN3O3. The average molecular weight is 297 g/mol. The van der Waals surface area contributed by atoms with Gasteiger partial charge in [0, 0.05) is 38.3 Å². The molecule has 0 aromatic heterocycles. The molecular weight excluding hydrogens is 277 g/mol. The largest absolute Gasteiger partial charge is 0.373 e. The first kappa shape index (κ1) is 14.5. The Balaban J connectivity index is 1.95. The summed E-state index contributed by atoms with van der Waals surface area (Å²) in [6.45, 7) is 0.263. The van der Waals surface area contributed by atoms with Crippen molar-refractivity contribution in [3.63, 3.8) is 0 Å². The summed E-state index contributed by atoms with van der Waals surface area (Å²) in [5.74, 6) is -0.203. The first-order valence-corrected chi connectivity index (χ1v) is 7.12. The molecule has 3 rings (SSSR count). The van der Waals surface area contributed by atoms with Crippen LogP contribution in [0.25, 0.3) is 0 Å². The maximum absolute atomic E-state index is 13.7. The van der Waals surface area contributed by atoms with Crippen LogP contribution in [0.2, 0.25) is 0 Å². The Labute approximate surface area is 122 Å². The van der Waals surface area contributed by atoms with Gasteiger partial charge in [0.25, 0.3) is 0 Å². The highest BCUT2D eigenvalue weighted by atomic mass is 19.1. The smallest absolute Gasteiger partial charge is 0.153 e. The molecule has 0 radical (unpaired) electrons.